The molecule has 0 saturated carbocycles. The first-order valence-corrected chi connectivity index (χ1v) is 8.73. The van der Waals surface area contributed by atoms with Gasteiger partial charge in [-0.2, -0.15) is 0 Å². The summed E-state index contributed by atoms with van der Waals surface area (Å²) in [6.07, 6.45) is 7.85. The van der Waals surface area contributed by atoms with Gasteiger partial charge in [-0.3, -0.25) is 9.78 Å². The highest BCUT2D eigenvalue weighted by atomic mass is 16.6. The van der Waals surface area contributed by atoms with Gasteiger partial charge in [0.1, 0.15) is 17.9 Å². The summed E-state index contributed by atoms with van der Waals surface area (Å²) in [5.74, 6) is -0.194. The van der Waals surface area contributed by atoms with Crippen molar-refractivity contribution in [2.24, 2.45) is 0 Å². The fourth-order valence-electron chi connectivity index (χ4n) is 2.76. The molecule has 1 amide bonds. The number of aromatic nitrogens is 2. The van der Waals surface area contributed by atoms with E-state index in [1.807, 2.05) is 20.8 Å². The van der Waals surface area contributed by atoms with Crippen molar-refractivity contribution in [1.82, 2.24) is 14.9 Å². The van der Waals surface area contributed by atoms with Crippen molar-refractivity contribution in [3.8, 4) is 0 Å². The molecule has 0 spiro atoms. The molecule has 0 aliphatic carbocycles. The second-order valence-electron chi connectivity index (χ2n) is 7.18. The molecule has 25 heavy (non-hydrogen) atoms. The quantitative estimate of drug-likeness (QED) is 0.580. The molecule has 2 heterocycles. The Hall–Kier alpha value is -2.02. The molecule has 0 aromatic carbocycles. The maximum atomic E-state index is 12.3. The Balaban J connectivity index is 1.77. The second kappa shape index (κ2) is 8.89. The van der Waals surface area contributed by atoms with Crippen LogP contribution in [-0.2, 0) is 9.47 Å². The van der Waals surface area contributed by atoms with E-state index in [4.69, 9.17) is 9.47 Å². The van der Waals surface area contributed by atoms with Gasteiger partial charge in [-0.1, -0.05) is 0 Å². The van der Waals surface area contributed by atoms with Crippen LogP contribution in [0.15, 0.2) is 18.6 Å². The summed E-state index contributed by atoms with van der Waals surface area (Å²) in [4.78, 5) is 33.9. The average molecular weight is 349 g/mol. The van der Waals surface area contributed by atoms with Gasteiger partial charge < -0.3 is 14.4 Å². The number of ketones is 1. The van der Waals surface area contributed by atoms with Gasteiger partial charge in [0.2, 0.25) is 5.78 Å². The number of carbonyl (C=O) groups excluding carboxylic acids is 2. The molecule has 1 aliphatic rings. The van der Waals surface area contributed by atoms with E-state index in [0.29, 0.717) is 25.3 Å². The van der Waals surface area contributed by atoms with E-state index in [1.165, 1.54) is 18.6 Å². The summed E-state index contributed by atoms with van der Waals surface area (Å²) in [5.41, 5.74) is -0.200. The molecule has 1 aromatic rings. The van der Waals surface area contributed by atoms with Crippen molar-refractivity contribution in [2.45, 2.75) is 58.1 Å². The highest BCUT2D eigenvalue weighted by Crippen LogP contribution is 2.22. The Morgan fingerprint density at radius 1 is 1.28 bits per heavy atom. The van der Waals surface area contributed by atoms with Gasteiger partial charge in [-0.05, 0) is 46.5 Å². The van der Waals surface area contributed by atoms with E-state index in [1.54, 1.807) is 4.90 Å². The molecule has 1 aliphatic heterocycles. The van der Waals surface area contributed by atoms with Crippen molar-refractivity contribution in [2.75, 3.05) is 19.8 Å². The van der Waals surface area contributed by atoms with Crippen molar-refractivity contribution in [3.05, 3.63) is 24.3 Å². The highest BCUT2D eigenvalue weighted by Gasteiger charge is 2.30. The maximum Gasteiger partial charge on any atom is 0.410 e. The maximum absolute atomic E-state index is 12.3. The molecule has 0 N–H and O–H groups in total. The zero-order valence-corrected chi connectivity index (χ0v) is 15.2. The monoisotopic (exact) mass is 349 g/mol. The zero-order valence-electron chi connectivity index (χ0n) is 15.2. The standard InChI is InChI=1S/C18H27N3O4/c1-18(2,3)25-17(23)21-10-5-4-6-14(21)7-11-24-13-16(22)15-12-19-8-9-20-15/h8-9,12,14H,4-7,10-11,13H2,1-3H3. The summed E-state index contributed by atoms with van der Waals surface area (Å²) < 4.78 is 11.0. The zero-order chi connectivity index (χ0) is 18.3. The molecule has 1 unspecified atom stereocenters. The Morgan fingerprint density at radius 2 is 2.08 bits per heavy atom. The summed E-state index contributed by atoms with van der Waals surface area (Å²) in [5, 5.41) is 0. The fourth-order valence-corrected chi connectivity index (χ4v) is 2.76. The number of amides is 1. The third-order valence-electron chi connectivity index (χ3n) is 3.93. The van der Waals surface area contributed by atoms with Crippen LogP contribution in [0.5, 0.6) is 0 Å². The molecule has 1 aromatic heterocycles. The minimum Gasteiger partial charge on any atom is -0.444 e. The minimum absolute atomic E-state index is 0.0299. The molecular formula is C18H27N3O4. The lowest BCUT2D eigenvalue weighted by Crippen LogP contribution is -2.46. The normalized spacial score (nSPS) is 18.0. The van der Waals surface area contributed by atoms with Crippen LogP contribution >= 0.6 is 0 Å². The van der Waals surface area contributed by atoms with Gasteiger partial charge in [0, 0.05) is 31.6 Å². The number of ether oxygens (including phenoxy) is 2. The Kier molecular flexibility index (Phi) is 6.87. The van der Waals surface area contributed by atoms with Gasteiger partial charge >= 0.3 is 6.09 Å². The SMILES string of the molecule is CC(C)(C)OC(=O)N1CCCCC1CCOCC(=O)c1cnccn1. The van der Waals surface area contributed by atoms with Crippen LogP contribution in [0.25, 0.3) is 0 Å². The van der Waals surface area contributed by atoms with E-state index in [0.717, 1.165) is 19.3 Å². The first-order chi connectivity index (χ1) is 11.9. The van der Waals surface area contributed by atoms with E-state index in [-0.39, 0.29) is 24.5 Å². The largest absolute Gasteiger partial charge is 0.444 e. The topological polar surface area (TPSA) is 81.6 Å². The molecule has 1 fully saturated rings. The molecule has 1 atom stereocenters. The van der Waals surface area contributed by atoms with Crippen LogP contribution in [-0.4, -0.2) is 58.1 Å². The lowest BCUT2D eigenvalue weighted by Gasteiger charge is -2.36. The van der Waals surface area contributed by atoms with Gasteiger partial charge in [0.25, 0.3) is 0 Å². The molecule has 1 saturated heterocycles. The van der Waals surface area contributed by atoms with Crippen LogP contribution in [0.4, 0.5) is 4.79 Å². The van der Waals surface area contributed by atoms with Crippen molar-refractivity contribution in [3.63, 3.8) is 0 Å². The first kappa shape index (κ1) is 19.3. The summed E-state index contributed by atoms with van der Waals surface area (Å²) in [6.45, 7) is 6.69. The van der Waals surface area contributed by atoms with Gasteiger partial charge in [-0.15, -0.1) is 0 Å². The Labute approximate surface area is 148 Å². The van der Waals surface area contributed by atoms with Crippen LogP contribution in [0.1, 0.15) is 56.9 Å². The number of nitrogens with zero attached hydrogens (tertiary/aromatic N) is 3. The number of likely N-dealkylation sites (tertiary alicyclic amines) is 1. The van der Waals surface area contributed by atoms with Crippen molar-refractivity contribution < 1.29 is 19.1 Å². The number of carbonyl (C=O) groups is 2. The highest BCUT2D eigenvalue weighted by molar-refractivity contribution is 5.94. The lowest BCUT2D eigenvalue weighted by atomic mass is 10.0. The van der Waals surface area contributed by atoms with Crippen molar-refractivity contribution >= 4 is 11.9 Å². The summed E-state index contributed by atoms with van der Waals surface area (Å²) >= 11 is 0. The van der Waals surface area contributed by atoms with Gasteiger partial charge in [0.05, 0.1) is 6.20 Å². The van der Waals surface area contributed by atoms with Crippen LogP contribution < -0.4 is 0 Å². The molecule has 0 radical (unpaired) electrons. The average Bonchev–Trinajstić information content (AvgIpc) is 2.58. The number of Topliss-reactive ketones (excluding diaryl/α,β-unsaturated/α-hetero) is 1. The van der Waals surface area contributed by atoms with Crippen LogP contribution in [0.3, 0.4) is 0 Å². The molecule has 0 bridgehead atoms. The summed E-state index contributed by atoms with van der Waals surface area (Å²) in [6, 6.07) is 0.0928. The Morgan fingerprint density at radius 3 is 2.76 bits per heavy atom. The lowest BCUT2D eigenvalue weighted by molar-refractivity contribution is 0.00456. The first-order valence-electron chi connectivity index (χ1n) is 8.73. The molecule has 7 heteroatoms. The van der Waals surface area contributed by atoms with Gasteiger partial charge in [0.15, 0.2) is 0 Å². The van der Waals surface area contributed by atoms with E-state index < -0.39 is 5.60 Å². The summed E-state index contributed by atoms with van der Waals surface area (Å²) in [7, 11) is 0. The molecular weight excluding hydrogens is 322 g/mol. The van der Waals surface area contributed by atoms with E-state index in [2.05, 4.69) is 9.97 Å². The predicted molar refractivity (Wildman–Crippen MR) is 92.4 cm³/mol. The molecule has 138 valence electrons. The smallest absolute Gasteiger partial charge is 0.410 e. The fraction of sp³-hybridized carbons (Fsp3) is 0.667. The number of rotatable bonds is 6. The number of hydrogen-bond donors (Lipinski definition) is 0. The third kappa shape index (κ3) is 6.42. The molecule has 7 nitrogen and oxygen atoms in total. The molecule has 2 rings (SSSR count). The third-order valence-corrected chi connectivity index (χ3v) is 3.93. The minimum atomic E-state index is -0.501. The second-order valence-corrected chi connectivity index (χ2v) is 7.18. The Bertz CT molecular complexity index is 571. The van der Waals surface area contributed by atoms with Crippen molar-refractivity contribution in [1.29, 1.82) is 0 Å². The van der Waals surface area contributed by atoms with Crippen LogP contribution in [0, 0.1) is 0 Å². The number of piperidine rings is 1. The van der Waals surface area contributed by atoms with Crippen LogP contribution in [0.2, 0.25) is 0 Å². The van der Waals surface area contributed by atoms with Gasteiger partial charge in [-0.25, -0.2) is 9.78 Å². The predicted octanol–water partition coefficient (Wildman–Crippen LogP) is 2.86. The van der Waals surface area contributed by atoms with E-state index >= 15 is 0 Å². The van der Waals surface area contributed by atoms with E-state index in [9.17, 15) is 9.59 Å². The number of hydrogen-bond acceptors (Lipinski definition) is 6.